The Bertz CT molecular complexity index is 594. The van der Waals surface area contributed by atoms with Crippen LogP contribution in [0.25, 0.3) is 11.2 Å². The van der Waals surface area contributed by atoms with E-state index in [-0.39, 0.29) is 12.5 Å². The number of carbonyl (C=O) groups is 1. The van der Waals surface area contributed by atoms with Crippen LogP contribution in [0.1, 0.15) is 12.6 Å². The molecule has 7 heteroatoms. The lowest BCUT2D eigenvalue weighted by molar-refractivity contribution is -0.129. The number of hydrogen-bond acceptors (Lipinski definition) is 4. The van der Waals surface area contributed by atoms with Crippen LogP contribution in [0.5, 0.6) is 0 Å². The largest absolute Gasteiger partial charge is 0.369 e. The maximum absolute atomic E-state index is 11.8. The molecule has 0 bridgehead atoms. The highest BCUT2D eigenvalue weighted by molar-refractivity contribution is 5.82. The van der Waals surface area contributed by atoms with Crippen LogP contribution >= 0.6 is 0 Å². The van der Waals surface area contributed by atoms with Crippen LogP contribution in [0.3, 0.4) is 0 Å². The second-order valence-electron chi connectivity index (χ2n) is 4.44. The molecule has 0 aliphatic heterocycles. The molecule has 0 saturated heterocycles. The summed E-state index contributed by atoms with van der Waals surface area (Å²) in [4.78, 5) is 17.6. The van der Waals surface area contributed by atoms with Crippen molar-refractivity contribution in [2.45, 2.75) is 19.9 Å². The Kier molecular flexibility index (Phi) is 2.98. The molecular weight excluding hydrogens is 232 g/mol. The molecule has 2 aromatic rings. The molecule has 18 heavy (non-hydrogen) atoms. The number of hydrogen-bond donors (Lipinski definition) is 1. The maximum atomic E-state index is 11.8. The van der Waals surface area contributed by atoms with Gasteiger partial charge in [-0.25, -0.2) is 4.98 Å². The van der Waals surface area contributed by atoms with Gasteiger partial charge in [-0.05, 0) is 6.42 Å². The van der Waals surface area contributed by atoms with Gasteiger partial charge in [-0.15, -0.1) is 0 Å². The zero-order valence-electron chi connectivity index (χ0n) is 11.1. The molecule has 0 aromatic carbocycles. The minimum atomic E-state index is -0.0275. The molecule has 2 N–H and O–H groups in total. The van der Waals surface area contributed by atoms with Crippen molar-refractivity contribution in [1.82, 2.24) is 24.2 Å². The normalized spacial score (nSPS) is 11.1. The molecule has 2 heterocycles. The number of nitrogen functional groups attached to an aromatic ring is 1. The number of likely N-dealkylation sites (N-methyl/N-ethyl adjacent to an activating group) is 1. The average molecular weight is 250 g/mol. The third kappa shape index (κ3) is 1.81. The van der Waals surface area contributed by atoms with E-state index < -0.39 is 0 Å². The van der Waals surface area contributed by atoms with Gasteiger partial charge in [0.1, 0.15) is 12.1 Å². The Hall–Kier alpha value is -2.05. The van der Waals surface area contributed by atoms with Crippen molar-refractivity contribution < 1.29 is 4.79 Å². The first-order valence-electron chi connectivity index (χ1n) is 5.83. The van der Waals surface area contributed by atoms with Crippen LogP contribution in [-0.4, -0.2) is 44.2 Å². The molecule has 0 fully saturated rings. The van der Waals surface area contributed by atoms with Crippen LogP contribution in [-0.2, 0) is 24.8 Å². The van der Waals surface area contributed by atoms with Crippen molar-refractivity contribution in [3.63, 3.8) is 0 Å². The zero-order valence-corrected chi connectivity index (χ0v) is 11.1. The van der Waals surface area contributed by atoms with Crippen molar-refractivity contribution in [3.05, 3.63) is 5.69 Å². The Morgan fingerprint density at radius 2 is 2.11 bits per heavy atom. The molecule has 0 unspecified atom stereocenters. The Labute approximate surface area is 105 Å². The highest BCUT2D eigenvalue weighted by atomic mass is 16.2. The number of nitrogens with two attached hydrogens (primary N) is 1. The van der Waals surface area contributed by atoms with Crippen molar-refractivity contribution >= 4 is 23.0 Å². The predicted octanol–water partition coefficient (Wildman–Crippen LogP) is 0.00260. The summed E-state index contributed by atoms with van der Waals surface area (Å²) >= 11 is 0. The number of rotatable bonds is 3. The van der Waals surface area contributed by atoms with Crippen molar-refractivity contribution in [3.8, 4) is 0 Å². The quantitative estimate of drug-likeness (QED) is 0.831. The molecule has 1 amide bonds. The first-order chi connectivity index (χ1) is 8.45. The number of nitrogens with zero attached hydrogens (tertiary/aromatic N) is 5. The summed E-state index contributed by atoms with van der Waals surface area (Å²) in [5.41, 5.74) is 8.35. The molecule has 0 aliphatic rings. The summed E-state index contributed by atoms with van der Waals surface area (Å²) in [6.07, 6.45) is 0.787. The third-order valence-electron chi connectivity index (χ3n) is 2.95. The monoisotopic (exact) mass is 250 g/mol. The summed E-state index contributed by atoms with van der Waals surface area (Å²) in [5.74, 6) is 0.322. The Morgan fingerprint density at radius 1 is 1.44 bits per heavy atom. The fraction of sp³-hybridized carbons (Fsp3) is 0.545. The van der Waals surface area contributed by atoms with Crippen LogP contribution in [0.2, 0.25) is 0 Å². The van der Waals surface area contributed by atoms with Gasteiger partial charge in [0.15, 0.2) is 5.65 Å². The number of aryl methyl sites for hydroxylation is 2. The maximum Gasteiger partial charge on any atom is 0.242 e. The minimum Gasteiger partial charge on any atom is -0.369 e. The number of imidazole rings is 1. The van der Waals surface area contributed by atoms with E-state index in [1.165, 1.54) is 4.90 Å². The van der Waals surface area contributed by atoms with E-state index in [1.54, 1.807) is 23.3 Å². The van der Waals surface area contributed by atoms with Gasteiger partial charge >= 0.3 is 0 Å². The molecule has 98 valence electrons. The molecule has 2 rings (SSSR count). The second-order valence-corrected chi connectivity index (χ2v) is 4.44. The molecule has 7 nitrogen and oxygen atoms in total. The minimum absolute atomic E-state index is 0.0275. The van der Waals surface area contributed by atoms with E-state index in [0.717, 1.165) is 23.3 Å². The SMILES string of the molecule is CCc1nn(C)c2c1nc(N)n2CC(=O)N(C)C. The van der Waals surface area contributed by atoms with Gasteiger partial charge in [0.05, 0.1) is 5.69 Å². The molecule has 0 spiro atoms. The number of carbonyl (C=O) groups excluding carboxylic acids is 1. The molecule has 2 aromatic heterocycles. The van der Waals surface area contributed by atoms with Gasteiger partial charge in [0.25, 0.3) is 0 Å². The topological polar surface area (TPSA) is 82.0 Å². The summed E-state index contributed by atoms with van der Waals surface area (Å²) in [6.45, 7) is 2.19. The fourth-order valence-corrected chi connectivity index (χ4v) is 1.93. The van der Waals surface area contributed by atoms with Crippen molar-refractivity contribution in [2.75, 3.05) is 19.8 Å². The van der Waals surface area contributed by atoms with Gasteiger partial charge in [-0.3, -0.25) is 14.0 Å². The van der Waals surface area contributed by atoms with Crippen LogP contribution in [0.15, 0.2) is 0 Å². The van der Waals surface area contributed by atoms with E-state index in [2.05, 4.69) is 10.1 Å². The summed E-state index contributed by atoms with van der Waals surface area (Å²) in [5, 5.41) is 4.38. The lowest BCUT2D eigenvalue weighted by Gasteiger charge is -2.12. The lowest BCUT2D eigenvalue weighted by atomic mass is 10.3. The van der Waals surface area contributed by atoms with Crippen LogP contribution in [0, 0.1) is 0 Å². The lowest BCUT2D eigenvalue weighted by Crippen LogP contribution is -2.27. The van der Waals surface area contributed by atoms with E-state index in [4.69, 9.17) is 5.73 Å². The summed E-state index contributed by atoms with van der Waals surface area (Å²) in [7, 11) is 5.26. The van der Waals surface area contributed by atoms with Crippen LogP contribution in [0.4, 0.5) is 5.95 Å². The number of amides is 1. The van der Waals surface area contributed by atoms with Gasteiger partial charge < -0.3 is 10.6 Å². The predicted molar refractivity (Wildman–Crippen MR) is 69.0 cm³/mol. The Balaban J connectivity index is 2.53. The number of aromatic nitrogens is 4. The first kappa shape index (κ1) is 12.4. The van der Waals surface area contributed by atoms with Crippen molar-refractivity contribution in [2.24, 2.45) is 7.05 Å². The Morgan fingerprint density at radius 3 is 2.67 bits per heavy atom. The third-order valence-corrected chi connectivity index (χ3v) is 2.95. The fourth-order valence-electron chi connectivity index (χ4n) is 1.93. The van der Waals surface area contributed by atoms with Gasteiger partial charge in [-0.2, -0.15) is 5.10 Å². The standard InChI is InChI=1S/C11H18N6O/c1-5-7-9-10(16(4)14-7)17(11(12)13-9)6-8(18)15(2)3/h5-6H2,1-4H3,(H2,12,13). The molecule has 0 radical (unpaired) electrons. The van der Waals surface area contributed by atoms with Gasteiger partial charge in [0, 0.05) is 21.1 Å². The van der Waals surface area contributed by atoms with E-state index in [0.29, 0.717) is 5.95 Å². The zero-order chi connectivity index (χ0) is 13.4. The molecule has 0 atom stereocenters. The van der Waals surface area contributed by atoms with E-state index >= 15 is 0 Å². The molecule has 0 saturated carbocycles. The summed E-state index contributed by atoms with van der Waals surface area (Å²) < 4.78 is 3.42. The average Bonchev–Trinajstić information content (AvgIpc) is 2.78. The van der Waals surface area contributed by atoms with Crippen molar-refractivity contribution in [1.29, 1.82) is 0 Å². The van der Waals surface area contributed by atoms with Crippen LogP contribution < -0.4 is 5.73 Å². The first-order valence-corrected chi connectivity index (χ1v) is 5.83. The highest BCUT2D eigenvalue weighted by Crippen LogP contribution is 2.21. The number of fused-ring (bicyclic) bond motifs is 1. The number of anilines is 1. The van der Waals surface area contributed by atoms with E-state index in [9.17, 15) is 4.79 Å². The smallest absolute Gasteiger partial charge is 0.242 e. The second kappa shape index (κ2) is 4.32. The molecular formula is C11H18N6O. The summed E-state index contributed by atoms with van der Waals surface area (Å²) in [6, 6.07) is 0. The highest BCUT2D eigenvalue weighted by Gasteiger charge is 2.19. The van der Waals surface area contributed by atoms with E-state index in [1.807, 2.05) is 14.0 Å². The molecule has 0 aliphatic carbocycles. The van der Waals surface area contributed by atoms with Gasteiger partial charge in [0.2, 0.25) is 11.9 Å². The van der Waals surface area contributed by atoms with Gasteiger partial charge in [-0.1, -0.05) is 6.92 Å².